The Hall–Kier alpha value is -2.37. The van der Waals surface area contributed by atoms with E-state index in [-0.39, 0.29) is 17.5 Å². The van der Waals surface area contributed by atoms with Gasteiger partial charge in [0.25, 0.3) is 0 Å². The van der Waals surface area contributed by atoms with Crippen molar-refractivity contribution in [2.45, 2.75) is 51.7 Å². The van der Waals surface area contributed by atoms with Crippen LogP contribution in [0.3, 0.4) is 0 Å². The molecule has 1 saturated carbocycles. The van der Waals surface area contributed by atoms with Crippen LogP contribution in [0.25, 0.3) is 6.08 Å². The summed E-state index contributed by atoms with van der Waals surface area (Å²) in [5, 5.41) is 12.1. The highest BCUT2D eigenvalue weighted by atomic mass is 16.6. The molecular weight excluding hydrogens is 308 g/mol. The number of pyridine rings is 1. The Kier molecular flexibility index (Phi) is 5.59. The molecule has 6 heteroatoms. The van der Waals surface area contributed by atoms with Crippen molar-refractivity contribution in [1.29, 1.82) is 0 Å². The van der Waals surface area contributed by atoms with Crippen molar-refractivity contribution >= 4 is 18.1 Å². The number of carbonyl (C=O) groups is 2. The van der Waals surface area contributed by atoms with E-state index in [1.807, 2.05) is 26.8 Å². The zero-order valence-electron chi connectivity index (χ0n) is 14.3. The van der Waals surface area contributed by atoms with E-state index in [0.29, 0.717) is 5.69 Å². The van der Waals surface area contributed by atoms with Crippen LogP contribution in [0, 0.1) is 5.92 Å². The van der Waals surface area contributed by atoms with Crippen LogP contribution in [0.15, 0.2) is 24.4 Å². The van der Waals surface area contributed by atoms with E-state index in [4.69, 9.17) is 4.74 Å². The average Bonchev–Trinajstić information content (AvgIpc) is 2.90. The lowest BCUT2D eigenvalue weighted by molar-refractivity contribution is 0.0497. The Morgan fingerprint density at radius 2 is 2.12 bits per heavy atom. The highest BCUT2D eigenvalue weighted by Crippen LogP contribution is 2.28. The molecule has 0 aromatic carbocycles. The molecule has 1 aliphatic rings. The van der Waals surface area contributed by atoms with Crippen molar-refractivity contribution in [1.82, 2.24) is 10.3 Å². The van der Waals surface area contributed by atoms with E-state index >= 15 is 0 Å². The van der Waals surface area contributed by atoms with Crippen molar-refractivity contribution < 1.29 is 19.4 Å². The van der Waals surface area contributed by atoms with Gasteiger partial charge in [-0.25, -0.2) is 9.59 Å². The predicted octanol–water partition coefficient (Wildman–Crippen LogP) is 3.49. The lowest BCUT2D eigenvalue weighted by Gasteiger charge is -2.23. The summed E-state index contributed by atoms with van der Waals surface area (Å²) in [4.78, 5) is 27.3. The van der Waals surface area contributed by atoms with Crippen LogP contribution in [0.1, 0.15) is 56.1 Å². The van der Waals surface area contributed by atoms with E-state index in [1.165, 1.54) is 6.07 Å². The van der Waals surface area contributed by atoms with Gasteiger partial charge in [0.15, 0.2) is 0 Å². The van der Waals surface area contributed by atoms with E-state index in [2.05, 4.69) is 10.3 Å². The van der Waals surface area contributed by atoms with Crippen LogP contribution in [0.4, 0.5) is 4.79 Å². The first-order chi connectivity index (χ1) is 11.3. The maximum absolute atomic E-state index is 11.9. The fourth-order valence-electron chi connectivity index (χ4n) is 2.80. The quantitative estimate of drug-likeness (QED) is 0.881. The van der Waals surface area contributed by atoms with Crippen molar-refractivity contribution in [3.8, 4) is 0 Å². The standard InChI is InChI=1S/C18H24N2O4/c1-18(2,3)24-17(23)20-14-8-4-6-12(14)9-10-15-13(16(21)22)7-5-11-19-15/h5,7,9-12,14H,4,6,8H2,1-3H3,(H,20,23)(H,21,22)/t12-,14-/m0/s1. The van der Waals surface area contributed by atoms with Gasteiger partial charge in [0.05, 0.1) is 11.3 Å². The summed E-state index contributed by atoms with van der Waals surface area (Å²) >= 11 is 0. The molecule has 0 radical (unpaired) electrons. The Labute approximate surface area is 141 Å². The first-order valence-corrected chi connectivity index (χ1v) is 8.12. The maximum Gasteiger partial charge on any atom is 0.407 e. The van der Waals surface area contributed by atoms with Gasteiger partial charge in [-0.15, -0.1) is 0 Å². The summed E-state index contributed by atoms with van der Waals surface area (Å²) in [6.07, 6.45) is 7.62. The average molecular weight is 332 g/mol. The summed E-state index contributed by atoms with van der Waals surface area (Å²) in [5.41, 5.74) is 0.0644. The number of ether oxygens (including phenoxy) is 1. The lowest BCUT2D eigenvalue weighted by Crippen LogP contribution is -2.40. The number of aromatic carboxylic acids is 1. The van der Waals surface area contributed by atoms with Gasteiger partial charge >= 0.3 is 12.1 Å². The van der Waals surface area contributed by atoms with Gasteiger partial charge in [0, 0.05) is 12.2 Å². The van der Waals surface area contributed by atoms with Gasteiger partial charge < -0.3 is 15.2 Å². The second kappa shape index (κ2) is 7.47. The molecule has 24 heavy (non-hydrogen) atoms. The highest BCUT2D eigenvalue weighted by molar-refractivity contribution is 5.91. The highest BCUT2D eigenvalue weighted by Gasteiger charge is 2.28. The van der Waals surface area contributed by atoms with Crippen LogP contribution < -0.4 is 5.32 Å². The zero-order valence-corrected chi connectivity index (χ0v) is 14.3. The van der Waals surface area contributed by atoms with E-state index in [1.54, 1.807) is 18.3 Å². The SMILES string of the molecule is CC(C)(C)OC(=O)N[C@H]1CCC[C@H]1C=Cc1ncccc1C(=O)O. The largest absolute Gasteiger partial charge is 0.478 e. The molecule has 1 aromatic heterocycles. The first kappa shape index (κ1) is 18.0. The van der Waals surface area contributed by atoms with Gasteiger partial charge in [-0.2, -0.15) is 0 Å². The number of alkyl carbamates (subject to hydrolysis) is 1. The molecule has 0 aliphatic heterocycles. The second-order valence-corrected chi connectivity index (χ2v) is 6.95. The van der Waals surface area contributed by atoms with Crippen LogP contribution in [-0.4, -0.2) is 33.8 Å². The molecule has 0 saturated heterocycles. The minimum absolute atomic E-state index is 0.00640. The van der Waals surface area contributed by atoms with Gasteiger partial charge in [-0.3, -0.25) is 4.98 Å². The summed E-state index contributed by atoms with van der Waals surface area (Å²) in [5.74, 6) is -0.862. The van der Waals surface area contributed by atoms with E-state index in [0.717, 1.165) is 19.3 Å². The topological polar surface area (TPSA) is 88.5 Å². The molecule has 2 N–H and O–H groups in total. The molecule has 1 amide bonds. The van der Waals surface area contributed by atoms with Gasteiger partial charge in [0.1, 0.15) is 5.60 Å². The number of nitrogens with one attached hydrogen (secondary N) is 1. The number of aromatic nitrogens is 1. The molecule has 130 valence electrons. The molecule has 0 spiro atoms. The van der Waals surface area contributed by atoms with Gasteiger partial charge in [-0.05, 0) is 57.7 Å². The molecule has 1 heterocycles. The monoisotopic (exact) mass is 332 g/mol. The second-order valence-electron chi connectivity index (χ2n) is 6.95. The molecule has 2 atom stereocenters. The predicted molar refractivity (Wildman–Crippen MR) is 90.7 cm³/mol. The Balaban J connectivity index is 2.04. The molecule has 2 rings (SSSR count). The number of amides is 1. The van der Waals surface area contributed by atoms with Crippen LogP contribution in [0.2, 0.25) is 0 Å². The number of nitrogens with zero attached hydrogens (tertiary/aromatic N) is 1. The Bertz CT molecular complexity index is 634. The number of carboxylic acid groups (broad SMARTS) is 1. The molecular formula is C18H24N2O4. The summed E-state index contributed by atoms with van der Waals surface area (Å²) in [7, 11) is 0. The summed E-state index contributed by atoms with van der Waals surface area (Å²) in [6.45, 7) is 5.48. The van der Waals surface area contributed by atoms with Crippen LogP contribution >= 0.6 is 0 Å². The minimum atomic E-state index is -1.00. The Morgan fingerprint density at radius 1 is 1.38 bits per heavy atom. The molecule has 1 aromatic rings. The lowest BCUT2D eigenvalue weighted by atomic mass is 10.0. The van der Waals surface area contributed by atoms with Gasteiger partial charge in [-0.1, -0.05) is 12.5 Å². The van der Waals surface area contributed by atoms with Crippen LogP contribution in [-0.2, 0) is 4.74 Å². The molecule has 1 aliphatic carbocycles. The maximum atomic E-state index is 11.9. The normalized spacial score (nSPS) is 21.0. The number of carbonyl (C=O) groups excluding carboxylic acids is 1. The third kappa shape index (κ3) is 5.08. The number of hydrogen-bond donors (Lipinski definition) is 2. The minimum Gasteiger partial charge on any atom is -0.478 e. The van der Waals surface area contributed by atoms with Gasteiger partial charge in [0.2, 0.25) is 0 Å². The summed E-state index contributed by atoms with van der Waals surface area (Å²) < 4.78 is 5.30. The third-order valence-electron chi connectivity index (χ3n) is 3.84. The van der Waals surface area contributed by atoms with Crippen molar-refractivity contribution in [3.05, 3.63) is 35.7 Å². The van der Waals surface area contributed by atoms with Crippen molar-refractivity contribution in [3.63, 3.8) is 0 Å². The zero-order chi connectivity index (χ0) is 17.7. The molecule has 0 bridgehead atoms. The fourth-order valence-corrected chi connectivity index (χ4v) is 2.80. The fraction of sp³-hybridized carbons (Fsp3) is 0.500. The van der Waals surface area contributed by atoms with E-state index in [9.17, 15) is 14.7 Å². The summed E-state index contributed by atoms with van der Waals surface area (Å²) in [6, 6.07) is 3.12. The number of carboxylic acids is 1. The number of rotatable bonds is 4. The molecule has 0 unspecified atom stereocenters. The number of hydrogen-bond acceptors (Lipinski definition) is 4. The smallest absolute Gasteiger partial charge is 0.407 e. The van der Waals surface area contributed by atoms with Crippen LogP contribution in [0.5, 0.6) is 0 Å². The Morgan fingerprint density at radius 3 is 2.79 bits per heavy atom. The molecule has 1 fully saturated rings. The van der Waals surface area contributed by atoms with Crippen molar-refractivity contribution in [2.75, 3.05) is 0 Å². The van der Waals surface area contributed by atoms with E-state index < -0.39 is 17.7 Å². The first-order valence-electron chi connectivity index (χ1n) is 8.12. The van der Waals surface area contributed by atoms with Crippen molar-refractivity contribution in [2.24, 2.45) is 5.92 Å². The molecule has 6 nitrogen and oxygen atoms in total. The third-order valence-corrected chi connectivity index (χ3v) is 3.84.